The second-order valence-corrected chi connectivity index (χ2v) is 7.15. The highest BCUT2D eigenvalue weighted by molar-refractivity contribution is 14.1. The molecular weight excluding hydrogens is 347 g/mol. The van der Waals surface area contributed by atoms with Crippen LogP contribution >= 0.6 is 34.2 Å². The van der Waals surface area contributed by atoms with E-state index >= 15 is 0 Å². The largest absolute Gasteiger partial charge is 0.237 e. The summed E-state index contributed by atoms with van der Waals surface area (Å²) in [6, 6.07) is 0. The third kappa shape index (κ3) is 3.11. The summed E-state index contributed by atoms with van der Waals surface area (Å²) < 4.78 is 0.976. The van der Waals surface area contributed by atoms with Gasteiger partial charge in [-0.15, -0.1) is 0 Å². The van der Waals surface area contributed by atoms with Gasteiger partial charge in [0.15, 0.2) is 0 Å². The lowest BCUT2D eigenvalue weighted by atomic mass is 9.73. The molecule has 1 aromatic rings. The summed E-state index contributed by atoms with van der Waals surface area (Å²) >= 11 is 8.34. The standard InChI is InChI=1S/C13H18ClIN2/c1-8-10(15)11(14)17-12(16-8)9-4-6-13(2,3)7-5-9/h9H,4-7H2,1-3H3. The van der Waals surface area contributed by atoms with Crippen molar-refractivity contribution in [3.63, 3.8) is 0 Å². The molecule has 1 aromatic heterocycles. The number of nitrogens with zero attached hydrogens (tertiary/aromatic N) is 2. The van der Waals surface area contributed by atoms with Gasteiger partial charge >= 0.3 is 0 Å². The van der Waals surface area contributed by atoms with Crippen molar-refractivity contribution in [3.05, 3.63) is 20.2 Å². The van der Waals surface area contributed by atoms with Gasteiger partial charge in [0.25, 0.3) is 0 Å². The number of aryl methyl sites for hydroxylation is 1. The number of aromatic nitrogens is 2. The minimum atomic E-state index is 0.485. The lowest BCUT2D eigenvalue weighted by Crippen LogP contribution is -2.21. The normalized spacial score (nSPS) is 20.5. The Morgan fingerprint density at radius 1 is 1.24 bits per heavy atom. The van der Waals surface area contributed by atoms with E-state index in [9.17, 15) is 0 Å². The number of hydrogen-bond acceptors (Lipinski definition) is 2. The van der Waals surface area contributed by atoms with Gasteiger partial charge in [0.05, 0.1) is 9.26 Å². The van der Waals surface area contributed by atoms with Crippen LogP contribution in [0.5, 0.6) is 0 Å². The van der Waals surface area contributed by atoms with E-state index in [0.29, 0.717) is 16.5 Å². The molecule has 94 valence electrons. The fourth-order valence-corrected chi connectivity index (χ4v) is 2.85. The van der Waals surface area contributed by atoms with Gasteiger partial charge in [-0.3, -0.25) is 0 Å². The van der Waals surface area contributed by atoms with Gasteiger partial charge in [-0.2, -0.15) is 0 Å². The Morgan fingerprint density at radius 3 is 2.35 bits per heavy atom. The molecule has 1 aliphatic carbocycles. The predicted molar refractivity (Wildman–Crippen MR) is 79.5 cm³/mol. The quantitative estimate of drug-likeness (QED) is 0.532. The molecule has 0 radical (unpaired) electrons. The monoisotopic (exact) mass is 364 g/mol. The van der Waals surface area contributed by atoms with Crippen LogP contribution in [0.1, 0.15) is 57.0 Å². The highest BCUT2D eigenvalue weighted by Gasteiger charge is 2.29. The maximum atomic E-state index is 6.14. The van der Waals surface area contributed by atoms with Crippen molar-refractivity contribution in [2.45, 2.75) is 52.4 Å². The summed E-state index contributed by atoms with van der Waals surface area (Å²) in [5.41, 5.74) is 1.49. The summed E-state index contributed by atoms with van der Waals surface area (Å²) in [5.74, 6) is 1.44. The molecule has 4 heteroatoms. The first-order chi connectivity index (χ1) is 7.89. The van der Waals surface area contributed by atoms with Gasteiger partial charge in [0.2, 0.25) is 0 Å². The molecule has 0 saturated heterocycles. The minimum Gasteiger partial charge on any atom is -0.237 e. The Balaban J connectivity index is 2.19. The van der Waals surface area contributed by atoms with E-state index in [-0.39, 0.29) is 0 Å². The van der Waals surface area contributed by atoms with Crippen LogP contribution in [0.25, 0.3) is 0 Å². The molecule has 0 spiro atoms. The van der Waals surface area contributed by atoms with Crippen LogP contribution in [0.15, 0.2) is 0 Å². The highest BCUT2D eigenvalue weighted by atomic mass is 127. The summed E-state index contributed by atoms with van der Waals surface area (Å²) in [7, 11) is 0. The maximum Gasteiger partial charge on any atom is 0.146 e. The molecule has 2 nitrogen and oxygen atoms in total. The summed E-state index contributed by atoms with van der Waals surface area (Å²) in [6.45, 7) is 6.69. The molecule has 0 amide bonds. The van der Waals surface area contributed by atoms with Crippen LogP contribution in [0.2, 0.25) is 5.15 Å². The van der Waals surface area contributed by atoms with Crippen LogP contribution < -0.4 is 0 Å². The smallest absolute Gasteiger partial charge is 0.146 e. The Bertz CT molecular complexity index is 398. The van der Waals surface area contributed by atoms with Crippen LogP contribution in [0, 0.1) is 15.9 Å². The van der Waals surface area contributed by atoms with E-state index in [0.717, 1.165) is 15.1 Å². The van der Waals surface area contributed by atoms with E-state index in [1.54, 1.807) is 0 Å². The van der Waals surface area contributed by atoms with Crippen LogP contribution in [0.3, 0.4) is 0 Å². The average Bonchev–Trinajstić information content (AvgIpc) is 2.25. The fraction of sp³-hybridized carbons (Fsp3) is 0.692. The zero-order valence-electron chi connectivity index (χ0n) is 10.6. The molecule has 2 rings (SSSR count). The molecule has 1 saturated carbocycles. The molecule has 17 heavy (non-hydrogen) atoms. The third-order valence-electron chi connectivity index (χ3n) is 3.70. The molecule has 1 heterocycles. The molecule has 1 fully saturated rings. The van der Waals surface area contributed by atoms with Gasteiger partial charge in [-0.05, 0) is 60.6 Å². The summed E-state index contributed by atoms with van der Waals surface area (Å²) in [4.78, 5) is 9.05. The van der Waals surface area contributed by atoms with E-state index < -0.39 is 0 Å². The SMILES string of the molecule is Cc1nc(C2CCC(C)(C)CC2)nc(Cl)c1I. The van der Waals surface area contributed by atoms with Gasteiger partial charge in [-0.25, -0.2) is 9.97 Å². The Kier molecular flexibility index (Phi) is 3.98. The zero-order valence-corrected chi connectivity index (χ0v) is 13.5. The molecule has 0 atom stereocenters. The lowest BCUT2D eigenvalue weighted by Gasteiger charge is -2.33. The minimum absolute atomic E-state index is 0.485. The van der Waals surface area contributed by atoms with Gasteiger partial charge in [-0.1, -0.05) is 25.4 Å². The molecular formula is C13H18ClIN2. The Morgan fingerprint density at radius 2 is 1.82 bits per heavy atom. The molecule has 0 unspecified atom stereocenters. The number of halogens is 2. The lowest BCUT2D eigenvalue weighted by molar-refractivity contribution is 0.220. The summed E-state index contributed by atoms with van der Waals surface area (Å²) in [5, 5.41) is 0.609. The number of hydrogen-bond donors (Lipinski definition) is 0. The van der Waals surface area contributed by atoms with Crippen molar-refractivity contribution in [2.24, 2.45) is 5.41 Å². The Labute approximate surface area is 122 Å². The van der Waals surface area contributed by atoms with Crippen molar-refractivity contribution in [1.82, 2.24) is 9.97 Å². The van der Waals surface area contributed by atoms with Crippen molar-refractivity contribution in [3.8, 4) is 0 Å². The van der Waals surface area contributed by atoms with Crippen LogP contribution in [-0.2, 0) is 0 Å². The van der Waals surface area contributed by atoms with Crippen LogP contribution in [-0.4, -0.2) is 9.97 Å². The second kappa shape index (κ2) is 5.00. The Hall–Kier alpha value is 0.100. The van der Waals surface area contributed by atoms with E-state index in [1.165, 1.54) is 25.7 Å². The van der Waals surface area contributed by atoms with Gasteiger partial charge in [0, 0.05) is 5.92 Å². The van der Waals surface area contributed by atoms with Crippen LogP contribution in [0.4, 0.5) is 0 Å². The molecule has 0 aliphatic heterocycles. The number of rotatable bonds is 1. The molecule has 0 aromatic carbocycles. The van der Waals surface area contributed by atoms with Crippen molar-refractivity contribution < 1.29 is 0 Å². The second-order valence-electron chi connectivity index (χ2n) is 5.71. The first-order valence-electron chi connectivity index (χ1n) is 6.08. The van der Waals surface area contributed by atoms with Gasteiger partial charge in [0.1, 0.15) is 11.0 Å². The van der Waals surface area contributed by atoms with Crippen molar-refractivity contribution in [2.75, 3.05) is 0 Å². The van der Waals surface area contributed by atoms with Gasteiger partial charge < -0.3 is 0 Å². The fourth-order valence-electron chi connectivity index (χ4n) is 2.38. The topological polar surface area (TPSA) is 25.8 Å². The van der Waals surface area contributed by atoms with E-state index in [1.807, 2.05) is 6.92 Å². The maximum absolute atomic E-state index is 6.14. The average molecular weight is 365 g/mol. The first kappa shape index (κ1) is 13.5. The van der Waals surface area contributed by atoms with E-state index in [4.69, 9.17) is 11.6 Å². The molecule has 0 N–H and O–H groups in total. The van der Waals surface area contributed by atoms with E-state index in [2.05, 4.69) is 46.4 Å². The summed E-state index contributed by atoms with van der Waals surface area (Å²) in [6.07, 6.45) is 4.88. The predicted octanol–water partition coefficient (Wildman–Crippen LogP) is 4.73. The van der Waals surface area contributed by atoms with Crippen molar-refractivity contribution in [1.29, 1.82) is 0 Å². The zero-order chi connectivity index (χ0) is 12.6. The molecule has 1 aliphatic rings. The third-order valence-corrected chi connectivity index (χ3v) is 5.58. The van der Waals surface area contributed by atoms with Crippen molar-refractivity contribution >= 4 is 34.2 Å². The highest BCUT2D eigenvalue weighted by Crippen LogP contribution is 2.41. The molecule has 0 bridgehead atoms. The first-order valence-corrected chi connectivity index (χ1v) is 7.54.